The number of carbonyl (C=O) groups excluding carboxylic acids is 3. The van der Waals surface area contributed by atoms with Crippen LogP contribution in [0.2, 0.25) is 0 Å². The topological polar surface area (TPSA) is 63.7 Å². The standard InChI is InChI=1S/C28H27NO4/c1-2-16-8-10-18(11-9-16)33-28(32)23(14-17-6-4-3-5-7-17)29-26(30)24-19-12-13-20(22-15-21(19)22)25(24)27(29)31/h3-13,19-25H,2,14-15H2,1H3/t19-,20-,21-,22-,23-,24-,25+/m0/s1. The second kappa shape index (κ2) is 7.68. The van der Waals surface area contributed by atoms with Gasteiger partial charge in [0, 0.05) is 6.42 Å². The second-order valence-corrected chi connectivity index (χ2v) is 9.83. The van der Waals surface area contributed by atoms with E-state index in [0.29, 0.717) is 17.6 Å². The minimum atomic E-state index is -0.973. The lowest BCUT2D eigenvalue weighted by atomic mass is 9.63. The fourth-order valence-corrected chi connectivity index (χ4v) is 6.38. The van der Waals surface area contributed by atoms with E-state index in [9.17, 15) is 14.4 Å². The van der Waals surface area contributed by atoms with Crippen LogP contribution < -0.4 is 4.74 Å². The highest BCUT2D eigenvalue weighted by molar-refractivity contribution is 6.09. The van der Waals surface area contributed by atoms with Gasteiger partial charge in [-0.1, -0.05) is 61.5 Å². The van der Waals surface area contributed by atoms with E-state index in [1.807, 2.05) is 42.5 Å². The molecule has 33 heavy (non-hydrogen) atoms. The van der Waals surface area contributed by atoms with Crippen molar-refractivity contribution in [1.82, 2.24) is 4.90 Å². The van der Waals surface area contributed by atoms with Crippen LogP contribution in [0.5, 0.6) is 5.75 Å². The highest BCUT2D eigenvalue weighted by atomic mass is 16.5. The summed E-state index contributed by atoms with van der Waals surface area (Å²) < 4.78 is 5.71. The molecule has 2 bridgehead atoms. The summed E-state index contributed by atoms with van der Waals surface area (Å²) in [4.78, 5) is 42.0. The number of aryl methyl sites for hydroxylation is 1. The van der Waals surface area contributed by atoms with E-state index in [4.69, 9.17) is 4.74 Å². The third kappa shape index (κ3) is 3.25. The molecular formula is C28H27NO4. The van der Waals surface area contributed by atoms with E-state index >= 15 is 0 Å². The number of nitrogens with zero attached hydrogens (tertiary/aromatic N) is 1. The van der Waals surface area contributed by atoms with Gasteiger partial charge in [0.15, 0.2) is 0 Å². The molecule has 5 heteroatoms. The third-order valence-electron chi connectivity index (χ3n) is 8.10. The van der Waals surface area contributed by atoms with E-state index in [-0.39, 0.29) is 41.9 Å². The van der Waals surface area contributed by atoms with Crippen molar-refractivity contribution in [2.75, 3.05) is 0 Å². The molecule has 0 N–H and O–H groups in total. The summed E-state index contributed by atoms with van der Waals surface area (Å²) in [5.41, 5.74) is 2.03. The monoisotopic (exact) mass is 441 g/mol. The largest absolute Gasteiger partial charge is 0.425 e. The third-order valence-corrected chi connectivity index (χ3v) is 8.10. The van der Waals surface area contributed by atoms with Crippen LogP contribution >= 0.6 is 0 Å². The molecular weight excluding hydrogens is 414 g/mol. The maximum atomic E-state index is 13.6. The van der Waals surface area contributed by atoms with Crippen molar-refractivity contribution in [2.24, 2.45) is 35.5 Å². The minimum absolute atomic E-state index is 0.126. The molecule has 7 atom stereocenters. The predicted molar refractivity (Wildman–Crippen MR) is 122 cm³/mol. The molecule has 3 fully saturated rings. The van der Waals surface area contributed by atoms with E-state index < -0.39 is 12.0 Å². The molecule has 0 radical (unpaired) electrons. The number of esters is 1. The van der Waals surface area contributed by atoms with Crippen molar-refractivity contribution in [2.45, 2.75) is 32.2 Å². The number of likely N-dealkylation sites (tertiary alicyclic amines) is 1. The van der Waals surface area contributed by atoms with Crippen molar-refractivity contribution in [1.29, 1.82) is 0 Å². The zero-order valence-corrected chi connectivity index (χ0v) is 18.6. The number of imide groups is 1. The summed E-state index contributed by atoms with van der Waals surface area (Å²) in [5, 5.41) is 0. The number of hydrogen-bond donors (Lipinski definition) is 0. The van der Waals surface area contributed by atoms with Crippen molar-refractivity contribution in [3.8, 4) is 5.75 Å². The van der Waals surface area contributed by atoms with Crippen LogP contribution in [-0.2, 0) is 27.2 Å². The molecule has 168 valence electrons. The average molecular weight is 442 g/mol. The predicted octanol–water partition coefficient (Wildman–Crippen LogP) is 3.82. The van der Waals surface area contributed by atoms with Crippen LogP contribution in [0.1, 0.15) is 24.5 Å². The molecule has 5 nitrogen and oxygen atoms in total. The van der Waals surface area contributed by atoms with Gasteiger partial charge in [0.25, 0.3) is 0 Å². The normalized spacial score (nSPS) is 31.8. The first kappa shape index (κ1) is 20.4. The molecule has 1 saturated heterocycles. The molecule has 7 rings (SSSR count). The Labute approximate surface area is 193 Å². The first-order valence-corrected chi connectivity index (χ1v) is 12.0. The molecule has 0 aromatic heterocycles. The number of benzene rings is 2. The summed E-state index contributed by atoms with van der Waals surface area (Å²) in [6.07, 6.45) is 6.55. The van der Waals surface area contributed by atoms with Crippen LogP contribution in [0.25, 0.3) is 0 Å². The number of carbonyl (C=O) groups is 3. The lowest BCUT2D eigenvalue weighted by Crippen LogP contribution is -2.48. The molecule has 5 aliphatic rings. The maximum absolute atomic E-state index is 13.6. The molecule has 1 heterocycles. The van der Waals surface area contributed by atoms with Gasteiger partial charge < -0.3 is 4.74 Å². The summed E-state index contributed by atoms with van der Waals surface area (Å²) in [7, 11) is 0. The Morgan fingerprint density at radius 3 is 2.09 bits per heavy atom. The highest BCUT2D eigenvalue weighted by Crippen LogP contribution is 2.65. The highest BCUT2D eigenvalue weighted by Gasteiger charge is 2.68. The van der Waals surface area contributed by atoms with Crippen molar-refractivity contribution in [3.63, 3.8) is 0 Å². The zero-order chi connectivity index (χ0) is 22.7. The van der Waals surface area contributed by atoms with Crippen molar-refractivity contribution < 1.29 is 19.1 Å². The van der Waals surface area contributed by atoms with Crippen LogP contribution in [0.4, 0.5) is 0 Å². The van der Waals surface area contributed by atoms with Gasteiger partial charge in [0.1, 0.15) is 11.8 Å². The number of amides is 2. The molecule has 2 saturated carbocycles. The summed E-state index contributed by atoms with van der Waals surface area (Å²) in [6.45, 7) is 2.06. The summed E-state index contributed by atoms with van der Waals surface area (Å²) >= 11 is 0. The van der Waals surface area contributed by atoms with E-state index in [1.54, 1.807) is 12.1 Å². The van der Waals surface area contributed by atoms with Crippen molar-refractivity contribution >= 4 is 17.8 Å². The SMILES string of the molecule is CCc1ccc(OC(=O)[C@H](Cc2ccccc2)N2C(=O)[C@@H]3[C@H]4C=C[C@@H]([C@@H]5C[C@@H]45)[C@@H]3C2=O)cc1. The lowest BCUT2D eigenvalue weighted by molar-refractivity contribution is -0.153. The van der Waals surface area contributed by atoms with Crippen LogP contribution in [-0.4, -0.2) is 28.7 Å². The minimum Gasteiger partial charge on any atom is -0.425 e. The van der Waals surface area contributed by atoms with Gasteiger partial charge in [-0.3, -0.25) is 14.5 Å². The van der Waals surface area contributed by atoms with Gasteiger partial charge in [0.05, 0.1) is 11.8 Å². The summed E-state index contributed by atoms with van der Waals surface area (Å²) in [6, 6.07) is 15.9. The Balaban J connectivity index is 1.31. The molecule has 2 amide bonds. The lowest BCUT2D eigenvalue weighted by Gasteiger charge is -2.37. The molecule has 4 aliphatic carbocycles. The Hall–Kier alpha value is -3.21. The molecule has 2 aromatic carbocycles. The molecule has 1 aliphatic heterocycles. The first-order chi connectivity index (χ1) is 16.1. The average Bonchev–Trinajstić information content (AvgIpc) is 3.62. The number of allylic oxidation sites excluding steroid dienone is 2. The Bertz CT molecular complexity index is 1100. The molecule has 0 spiro atoms. The zero-order valence-electron chi connectivity index (χ0n) is 18.6. The van der Waals surface area contributed by atoms with E-state index in [0.717, 1.165) is 24.0 Å². The Kier molecular flexibility index (Phi) is 4.75. The Morgan fingerprint density at radius 2 is 1.52 bits per heavy atom. The fourth-order valence-electron chi connectivity index (χ4n) is 6.38. The molecule has 0 unspecified atom stereocenters. The van der Waals surface area contributed by atoms with Gasteiger partial charge in [-0.15, -0.1) is 0 Å². The smallest absolute Gasteiger partial charge is 0.335 e. The maximum Gasteiger partial charge on any atom is 0.335 e. The van der Waals surface area contributed by atoms with Crippen LogP contribution in [0, 0.1) is 35.5 Å². The van der Waals surface area contributed by atoms with E-state index in [2.05, 4.69) is 19.1 Å². The van der Waals surface area contributed by atoms with E-state index in [1.165, 1.54) is 4.90 Å². The van der Waals surface area contributed by atoms with Crippen LogP contribution in [0.15, 0.2) is 66.7 Å². The van der Waals surface area contributed by atoms with Gasteiger partial charge >= 0.3 is 5.97 Å². The van der Waals surface area contributed by atoms with Gasteiger partial charge in [-0.05, 0) is 59.8 Å². The number of ether oxygens (including phenoxy) is 1. The van der Waals surface area contributed by atoms with Crippen LogP contribution in [0.3, 0.4) is 0 Å². The fraction of sp³-hybridized carbons (Fsp3) is 0.393. The number of rotatable bonds is 6. The number of hydrogen-bond acceptors (Lipinski definition) is 4. The van der Waals surface area contributed by atoms with Crippen molar-refractivity contribution in [3.05, 3.63) is 77.9 Å². The first-order valence-electron chi connectivity index (χ1n) is 12.0. The second-order valence-electron chi connectivity index (χ2n) is 9.83. The van der Waals surface area contributed by atoms with Gasteiger partial charge in [-0.25, -0.2) is 4.79 Å². The summed E-state index contributed by atoms with van der Waals surface area (Å²) in [5.74, 6) is 0.107. The quantitative estimate of drug-likeness (QED) is 0.296. The Morgan fingerprint density at radius 1 is 0.909 bits per heavy atom. The van der Waals surface area contributed by atoms with Gasteiger partial charge in [-0.2, -0.15) is 0 Å². The molecule has 2 aromatic rings. The van der Waals surface area contributed by atoms with Gasteiger partial charge in [0.2, 0.25) is 11.8 Å².